The number of aromatic amines is 1. The summed E-state index contributed by atoms with van der Waals surface area (Å²) in [6.07, 6.45) is 2.67. The summed E-state index contributed by atoms with van der Waals surface area (Å²) >= 11 is 0. The number of likely N-dealkylation sites (tertiary alicyclic amines) is 1. The van der Waals surface area contributed by atoms with Crippen LogP contribution >= 0.6 is 0 Å². The van der Waals surface area contributed by atoms with Crippen molar-refractivity contribution in [2.75, 3.05) is 18.4 Å². The molecule has 2 aromatic heterocycles. The van der Waals surface area contributed by atoms with Crippen molar-refractivity contribution in [3.8, 4) is 0 Å². The maximum absolute atomic E-state index is 13.1. The van der Waals surface area contributed by atoms with Gasteiger partial charge in [0.1, 0.15) is 11.2 Å². The average Bonchev–Trinajstić information content (AvgIpc) is 3.12. The molecule has 0 radical (unpaired) electrons. The fourth-order valence-electron chi connectivity index (χ4n) is 4.13. The van der Waals surface area contributed by atoms with Crippen molar-refractivity contribution < 1.29 is 9.59 Å². The van der Waals surface area contributed by atoms with Crippen LogP contribution in [0.3, 0.4) is 0 Å². The molecule has 0 aliphatic carbocycles. The summed E-state index contributed by atoms with van der Waals surface area (Å²) in [4.78, 5) is 43.7. The Morgan fingerprint density at radius 3 is 2.69 bits per heavy atom. The van der Waals surface area contributed by atoms with Gasteiger partial charge in [-0.05, 0) is 19.1 Å². The van der Waals surface area contributed by atoms with Crippen LogP contribution in [0.4, 0.5) is 5.69 Å². The van der Waals surface area contributed by atoms with Crippen LogP contribution in [0.25, 0.3) is 5.65 Å². The van der Waals surface area contributed by atoms with E-state index < -0.39 is 5.66 Å². The van der Waals surface area contributed by atoms with E-state index in [1.165, 1.54) is 16.8 Å². The van der Waals surface area contributed by atoms with E-state index in [9.17, 15) is 14.4 Å². The number of nitrogens with one attached hydrogen (secondary N) is 3. The minimum atomic E-state index is -0.561. The highest BCUT2D eigenvalue weighted by Gasteiger charge is 2.41. The number of fused-ring (bicyclic) bond motifs is 2. The van der Waals surface area contributed by atoms with E-state index in [0.717, 1.165) is 5.69 Å². The number of aryl methyl sites for hydroxylation is 1. The van der Waals surface area contributed by atoms with Crippen molar-refractivity contribution in [2.45, 2.75) is 25.4 Å². The van der Waals surface area contributed by atoms with E-state index >= 15 is 0 Å². The SMILES string of the molecule is Cc1cc(=O)n2[nH]cc(C(=O)N3CCC4(CC3)NC(=O)c3ccccc3N4)c2n1. The summed E-state index contributed by atoms with van der Waals surface area (Å²) in [5, 5.41) is 9.32. The lowest BCUT2D eigenvalue weighted by Crippen LogP contribution is -2.62. The molecule has 2 amide bonds. The molecule has 3 aromatic rings. The van der Waals surface area contributed by atoms with Crippen molar-refractivity contribution in [1.82, 2.24) is 24.8 Å². The number of H-pyrrole nitrogens is 1. The predicted octanol–water partition coefficient (Wildman–Crippen LogP) is 1.12. The Bertz CT molecular complexity index is 1200. The highest BCUT2D eigenvalue weighted by molar-refractivity contribution is 6.02. The molecule has 0 atom stereocenters. The summed E-state index contributed by atoms with van der Waals surface area (Å²) < 4.78 is 1.27. The molecule has 1 aromatic carbocycles. The molecule has 0 unspecified atom stereocenters. The van der Waals surface area contributed by atoms with Crippen LogP contribution in [-0.2, 0) is 0 Å². The Morgan fingerprint density at radius 1 is 1.14 bits per heavy atom. The molecule has 3 N–H and O–H groups in total. The van der Waals surface area contributed by atoms with Gasteiger partial charge in [0, 0.05) is 49.6 Å². The summed E-state index contributed by atoms with van der Waals surface area (Å²) in [6.45, 7) is 2.67. The van der Waals surface area contributed by atoms with E-state index in [1.54, 1.807) is 17.9 Å². The second-order valence-corrected chi connectivity index (χ2v) is 7.58. The first kappa shape index (κ1) is 17.5. The first-order chi connectivity index (χ1) is 14.0. The van der Waals surface area contributed by atoms with Gasteiger partial charge in [-0.25, -0.2) is 9.50 Å². The standard InChI is InChI=1S/C20H20N6O3/c1-12-10-16(27)26-17(22-12)14(11-21-26)19(29)25-8-6-20(7-9-25)23-15-5-3-2-4-13(15)18(28)24-20/h2-5,10-11,21,23H,6-9H2,1H3,(H,24,28). The number of aromatic nitrogens is 3. The molecule has 1 saturated heterocycles. The summed E-state index contributed by atoms with van der Waals surface area (Å²) in [5.74, 6) is -0.284. The number of amides is 2. The van der Waals surface area contributed by atoms with Crippen LogP contribution in [0.15, 0.2) is 41.3 Å². The molecule has 2 aliphatic heterocycles. The Morgan fingerprint density at radius 2 is 1.90 bits per heavy atom. The first-order valence-corrected chi connectivity index (χ1v) is 9.53. The number of hydrogen-bond acceptors (Lipinski definition) is 5. The molecule has 9 nitrogen and oxygen atoms in total. The maximum atomic E-state index is 13.1. The van der Waals surface area contributed by atoms with Gasteiger partial charge < -0.3 is 15.5 Å². The average molecular weight is 392 g/mol. The third-order valence-corrected chi connectivity index (χ3v) is 5.66. The van der Waals surface area contributed by atoms with Crippen molar-refractivity contribution in [3.05, 3.63) is 63.7 Å². The van der Waals surface area contributed by atoms with Gasteiger partial charge in [-0.1, -0.05) is 12.1 Å². The number of hydrogen-bond donors (Lipinski definition) is 3. The molecule has 0 bridgehead atoms. The van der Waals surface area contributed by atoms with Gasteiger partial charge in [-0.15, -0.1) is 0 Å². The summed E-state index contributed by atoms with van der Waals surface area (Å²) in [7, 11) is 0. The highest BCUT2D eigenvalue weighted by atomic mass is 16.2. The minimum absolute atomic E-state index is 0.102. The zero-order chi connectivity index (χ0) is 20.2. The number of para-hydroxylation sites is 1. The van der Waals surface area contributed by atoms with E-state index in [2.05, 4.69) is 20.7 Å². The van der Waals surface area contributed by atoms with Gasteiger partial charge in [0.25, 0.3) is 17.4 Å². The van der Waals surface area contributed by atoms with Gasteiger partial charge >= 0.3 is 0 Å². The van der Waals surface area contributed by atoms with Crippen molar-refractivity contribution >= 4 is 23.1 Å². The smallest absolute Gasteiger partial charge is 0.272 e. The molecule has 4 heterocycles. The van der Waals surface area contributed by atoms with Gasteiger partial charge in [0.15, 0.2) is 5.65 Å². The summed E-state index contributed by atoms with van der Waals surface area (Å²) in [6, 6.07) is 8.83. The van der Waals surface area contributed by atoms with Gasteiger partial charge in [0.2, 0.25) is 0 Å². The lowest BCUT2D eigenvalue weighted by molar-refractivity contribution is 0.0641. The van der Waals surface area contributed by atoms with E-state index in [4.69, 9.17) is 0 Å². The lowest BCUT2D eigenvalue weighted by atomic mass is 9.92. The number of nitrogens with zero attached hydrogens (tertiary/aromatic N) is 3. The molecular formula is C20H20N6O3. The molecule has 29 heavy (non-hydrogen) atoms. The van der Waals surface area contributed by atoms with Crippen LogP contribution in [0.5, 0.6) is 0 Å². The Kier molecular flexibility index (Phi) is 3.73. The number of benzene rings is 1. The van der Waals surface area contributed by atoms with Gasteiger partial charge in [-0.3, -0.25) is 19.5 Å². The van der Waals surface area contributed by atoms with Crippen LogP contribution in [0, 0.1) is 6.92 Å². The second-order valence-electron chi connectivity index (χ2n) is 7.58. The molecule has 9 heteroatoms. The zero-order valence-electron chi connectivity index (χ0n) is 15.9. The Hall–Kier alpha value is -3.62. The molecule has 5 rings (SSSR count). The fraction of sp³-hybridized carbons (Fsp3) is 0.300. The zero-order valence-corrected chi connectivity index (χ0v) is 15.9. The van der Waals surface area contributed by atoms with Crippen LogP contribution in [0.2, 0.25) is 0 Å². The Balaban J connectivity index is 1.37. The number of rotatable bonds is 1. The highest BCUT2D eigenvalue weighted by Crippen LogP contribution is 2.31. The number of carbonyl (C=O) groups excluding carboxylic acids is 2. The molecule has 1 spiro atoms. The number of piperidine rings is 1. The van der Waals surface area contributed by atoms with Crippen LogP contribution in [-0.4, -0.2) is 50.1 Å². The molecule has 1 fully saturated rings. The first-order valence-electron chi connectivity index (χ1n) is 9.53. The fourth-order valence-corrected chi connectivity index (χ4v) is 4.13. The monoisotopic (exact) mass is 392 g/mol. The molecule has 148 valence electrons. The second kappa shape index (κ2) is 6.20. The third-order valence-electron chi connectivity index (χ3n) is 5.66. The normalized spacial score (nSPS) is 17.7. The van der Waals surface area contributed by atoms with Gasteiger partial charge in [0.05, 0.1) is 5.56 Å². The third kappa shape index (κ3) is 2.77. The maximum Gasteiger partial charge on any atom is 0.272 e. The van der Waals surface area contributed by atoms with Crippen molar-refractivity contribution in [1.29, 1.82) is 0 Å². The van der Waals surface area contributed by atoms with Crippen molar-refractivity contribution in [2.24, 2.45) is 0 Å². The number of carbonyl (C=O) groups is 2. The molecule has 0 saturated carbocycles. The topological polar surface area (TPSA) is 112 Å². The quantitative estimate of drug-likeness (QED) is 0.575. The molecular weight excluding hydrogens is 372 g/mol. The largest absolute Gasteiger partial charge is 0.362 e. The summed E-state index contributed by atoms with van der Waals surface area (Å²) in [5.41, 5.74) is 1.89. The van der Waals surface area contributed by atoms with E-state index in [0.29, 0.717) is 48.4 Å². The minimum Gasteiger partial charge on any atom is -0.362 e. The lowest BCUT2D eigenvalue weighted by Gasteiger charge is -2.45. The van der Waals surface area contributed by atoms with Crippen molar-refractivity contribution in [3.63, 3.8) is 0 Å². The number of anilines is 1. The van der Waals surface area contributed by atoms with E-state index in [1.807, 2.05) is 18.2 Å². The molecule has 2 aliphatic rings. The predicted molar refractivity (Wildman–Crippen MR) is 106 cm³/mol. The Labute approximate surface area is 165 Å². The van der Waals surface area contributed by atoms with Gasteiger partial charge in [-0.2, -0.15) is 0 Å². The van der Waals surface area contributed by atoms with Crippen LogP contribution < -0.4 is 16.2 Å². The van der Waals surface area contributed by atoms with Crippen LogP contribution in [0.1, 0.15) is 39.3 Å². The van der Waals surface area contributed by atoms with E-state index in [-0.39, 0.29) is 17.4 Å².